The number of nitrogens with two attached hydrogens (primary N) is 1. The lowest BCUT2D eigenvalue weighted by Gasteiger charge is -2.22. The fourth-order valence-electron chi connectivity index (χ4n) is 2.59. The molecule has 2 rings (SSSR count). The average Bonchev–Trinajstić information content (AvgIpc) is 2.59. The minimum absolute atomic E-state index is 0.528. The molecule has 25 heavy (non-hydrogen) atoms. The van der Waals surface area contributed by atoms with Crippen LogP contribution in [0.2, 0.25) is 0 Å². The lowest BCUT2D eigenvalue weighted by molar-refractivity contribution is 0.321. The highest BCUT2D eigenvalue weighted by Gasteiger charge is 2.13. The predicted octanol–water partition coefficient (Wildman–Crippen LogP) is 2.42. The Bertz CT molecular complexity index is 716. The quantitative estimate of drug-likeness (QED) is 0.556. The maximum atomic E-state index is 5.96. The van der Waals surface area contributed by atoms with Gasteiger partial charge in [-0.2, -0.15) is 0 Å². The maximum absolute atomic E-state index is 5.96. The zero-order valence-electron chi connectivity index (χ0n) is 15.6. The molecular weight excluding hydrogens is 316 g/mol. The number of nitrogens with zero attached hydrogens (tertiary/aromatic N) is 5. The summed E-state index contributed by atoms with van der Waals surface area (Å²) in [5.41, 5.74) is 7.33. The summed E-state index contributed by atoms with van der Waals surface area (Å²) in [4.78, 5) is 17.2. The Labute approximate surface area is 149 Å². The fraction of sp³-hybridized carbons (Fsp3) is 0.500. The molecule has 0 spiro atoms. The lowest BCUT2D eigenvalue weighted by atomic mass is 10.1. The molecule has 2 N–H and O–H groups in total. The van der Waals surface area contributed by atoms with Crippen LogP contribution in [0.15, 0.2) is 23.5 Å². The van der Waals surface area contributed by atoms with Crippen molar-refractivity contribution < 1.29 is 4.74 Å². The van der Waals surface area contributed by atoms with Gasteiger partial charge in [-0.25, -0.2) is 15.0 Å². The zero-order valence-corrected chi connectivity index (χ0v) is 15.6. The van der Waals surface area contributed by atoms with Crippen LogP contribution < -0.4 is 15.4 Å². The first kappa shape index (κ1) is 18.9. The molecular formula is C18H28N6O. The highest BCUT2D eigenvalue weighted by atomic mass is 16.5. The van der Waals surface area contributed by atoms with Gasteiger partial charge in [-0.1, -0.05) is 6.92 Å². The van der Waals surface area contributed by atoms with Crippen LogP contribution in [0, 0.1) is 0 Å². The van der Waals surface area contributed by atoms with E-state index in [0.29, 0.717) is 12.4 Å². The van der Waals surface area contributed by atoms with Gasteiger partial charge in [0.1, 0.15) is 12.1 Å². The third-order valence-corrected chi connectivity index (χ3v) is 3.86. The number of aromatic nitrogens is 2. The molecule has 0 aliphatic rings. The minimum atomic E-state index is 0.528. The van der Waals surface area contributed by atoms with Crippen LogP contribution in [0.4, 0.5) is 11.5 Å². The molecule has 136 valence electrons. The second-order valence-electron chi connectivity index (χ2n) is 6.24. The number of fused-ring (bicyclic) bond motifs is 1. The first-order chi connectivity index (χ1) is 12.1. The van der Waals surface area contributed by atoms with Gasteiger partial charge in [0, 0.05) is 25.3 Å². The van der Waals surface area contributed by atoms with Crippen LogP contribution in [0.25, 0.3) is 10.9 Å². The van der Waals surface area contributed by atoms with Crippen molar-refractivity contribution in [3.63, 3.8) is 0 Å². The van der Waals surface area contributed by atoms with Crippen LogP contribution in [-0.4, -0.2) is 62.0 Å². The Kier molecular flexibility index (Phi) is 6.94. The Morgan fingerprint density at radius 3 is 2.68 bits per heavy atom. The van der Waals surface area contributed by atoms with E-state index in [9.17, 15) is 0 Å². The number of aliphatic imine (C=N–C) groups is 1. The normalized spacial score (nSPS) is 11.6. The second-order valence-corrected chi connectivity index (χ2v) is 6.24. The number of rotatable bonds is 9. The number of benzene rings is 1. The first-order valence-corrected chi connectivity index (χ1v) is 8.58. The maximum Gasteiger partial charge on any atom is 0.168 e. The van der Waals surface area contributed by atoms with Crippen molar-refractivity contribution in [2.45, 2.75) is 19.8 Å². The summed E-state index contributed by atoms with van der Waals surface area (Å²) in [5.74, 6) is 1.27. The Balaban J connectivity index is 2.39. The van der Waals surface area contributed by atoms with Gasteiger partial charge in [-0.3, -0.25) is 0 Å². The molecule has 0 atom stereocenters. The highest BCUT2D eigenvalue weighted by molar-refractivity contribution is 5.96. The number of anilines is 1. The summed E-state index contributed by atoms with van der Waals surface area (Å²) < 4.78 is 5.96. The molecule has 0 aliphatic carbocycles. The highest BCUT2D eigenvalue weighted by Crippen LogP contribution is 2.35. The summed E-state index contributed by atoms with van der Waals surface area (Å²) in [6.45, 7) is 4.71. The van der Waals surface area contributed by atoms with E-state index in [1.54, 1.807) is 0 Å². The summed E-state index contributed by atoms with van der Waals surface area (Å²) >= 11 is 0. The van der Waals surface area contributed by atoms with E-state index in [4.69, 9.17) is 10.5 Å². The second kappa shape index (κ2) is 9.17. The first-order valence-electron chi connectivity index (χ1n) is 8.58. The molecule has 0 saturated heterocycles. The largest absolute Gasteiger partial charge is 0.493 e. The average molecular weight is 344 g/mol. The molecule has 7 heteroatoms. The van der Waals surface area contributed by atoms with Crippen molar-refractivity contribution in [1.29, 1.82) is 0 Å². The molecule has 0 bridgehead atoms. The molecule has 0 unspecified atom stereocenters. The SMILES string of the molecule is CCCOc1cc(N(C)CCCN(C)C)cc2ncnc(N=CN)c12. The molecule has 1 heterocycles. The third kappa shape index (κ3) is 5.03. The van der Waals surface area contributed by atoms with E-state index < -0.39 is 0 Å². The lowest BCUT2D eigenvalue weighted by Crippen LogP contribution is -2.23. The van der Waals surface area contributed by atoms with Crippen molar-refractivity contribution in [3.8, 4) is 5.75 Å². The minimum Gasteiger partial charge on any atom is -0.493 e. The monoisotopic (exact) mass is 344 g/mol. The Morgan fingerprint density at radius 1 is 1.20 bits per heavy atom. The molecule has 0 radical (unpaired) electrons. The van der Waals surface area contributed by atoms with Crippen molar-refractivity contribution >= 4 is 28.7 Å². The molecule has 0 fully saturated rings. The van der Waals surface area contributed by atoms with Gasteiger partial charge in [0.05, 0.1) is 23.8 Å². The summed E-state index contributed by atoms with van der Waals surface area (Å²) in [5, 5.41) is 0.795. The molecule has 0 saturated carbocycles. The van der Waals surface area contributed by atoms with Crippen LogP contribution in [0.3, 0.4) is 0 Å². The topological polar surface area (TPSA) is 79.9 Å². The van der Waals surface area contributed by atoms with E-state index in [1.807, 2.05) is 12.1 Å². The summed E-state index contributed by atoms with van der Waals surface area (Å²) in [6.07, 6.45) is 4.75. The molecule has 0 aliphatic heterocycles. The molecule has 2 aromatic rings. The van der Waals surface area contributed by atoms with Crippen molar-refractivity contribution in [2.75, 3.05) is 45.7 Å². The van der Waals surface area contributed by atoms with Gasteiger partial charge in [0.15, 0.2) is 5.82 Å². The number of hydrogen-bond donors (Lipinski definition) is 1. The van der Waals surface area contributed by atoms with E-state index in [2.05, 4.69) is 52.8 Å². The van der Waals surface area contributed by atoms with Gasteiger partial charge >= 0.3 is 0 Å². The van der Waals surface area contributed by atoms with Crippen LogP contribution in [-0.2, 0) is 0 Å². The molecule has 1 aromatic heterocycles. The van der Waals surface area contributed by atoms with E-state index in [-0.39, 0.29) is 0 Å². The van der Waals surface area contributed by atoms with E-state index in [0.717, 1.165) is 48.3 Å². The fourth-order valence-corrected chi connectivity index (χ4v) is 2.59. The van der Waals surface area contributed by atoms with Crippen molar-refractivity contribution in [1.82, 2.24) is 14.9 Å². The van der Waals surface area contributed by atoms with E-state index in [1.165, 1.54) is 12.7 Å². The standard InChI is InChI=1S/C18H28N6O/c1-5-9-25-16-11-14(24(4)8-6-7-23(2)3)10-15-17(16)18(20-12-19)22-13-21-15/h10-13H,5-9H2,1-4H3,(H2,19,20,21,22). The van der Waals surface area contributed by atoms with Gasteiger partial charge in [0.25, 0.3) is 0 Å². The zero-order chi connectivity index (χ0) is 18.2. The van der Waals surface area contributed by atoms with Crippen molar-refractivity contribution in [3.05, 3.63) is 18.5 Å². The van der Waals surface area contributed by atoms with Gasteiger partial charge < -0.3 is 20.3 Å². The van der Waals surface area contributed by atoms with Gasteiger partial charge in [-0.05, 0) is 39.5 Å². The Hall–Kier alpha value is -2.41. The number of hydrogen-bond acceptors (Lipinski definition) is 6. The van der Waals surface area contributed by atoms with Gasteiger partial charge in [0.2, 0.25) is 0 Å². The molecule has 1 aromatic carbocycles. The Morgan fingerprint density at radius 2 is 2.00 bits per heavy atom. The van der Waals surface area contributed by atoms with E-state index >= 15 is 0 Å². The molecule has 0 amide bonds. The van der Waals surface area contributed by atoms with Crippen molar-refractivity contribution in [2.24, 2.45) is 10.7 Å². The number of ether oxygens (including phenoxy) is 1. The smallest absolute Gasteiger partial charge is 0.168 e. The summed E-state index contributed by atoms with van der Waals surface area (Å²) in [7, 11) is 6.26. The van der Waals surface area contributed by atoms with Crippen LogP contribution in [0.1, 0.15) is 19.8 Å². The summed E-state index contributed by atoms with van der Waals surface area (Å²) in [6, 6.07) is 4.08. The third-order valence-electron chi connectivity index (χ3n) is 3.86. The van der Waals surface area contributed by atoms with Crippen LogP contribution >= 0.6 is 0 Å². The van der Waals surface area contributed by atoms with Crippen LogP contribution in [0.5, 0.6) is 5.75 Å². The molecule has 7 nitrogen and oxygen atoms in total. The van der Waals surface area contributed by atoms with Gasteiger partial charge in [-0.15, -0.1) is 0 Å². The predicted molar refractivity (Wildman–Crippen MR) is 104 cm³/mol.